The third kappa shape index (κ3) is 4.08. The van der Waals surface area contributed by atoms with Gasteiger partial charge in [0.25, 0.3) is 0 Å². The van der Waals surface area contributed by atoms with Crippen molar-refractivity contribution in [2.24, 2.45) is 0 Å². The first-order valence-corrected chi connectivity index (χ1v) is 11.0. The fraction of sp³-hybridized carbons (Fsp3) is 0.296. The van der Waals surface area contributed by atoms with Crippen LogP contribution in [0.25, 0.3) is 11.6 Å². The summed E-state index contributed by atoms with van der Waals surface area (Å²) in [6.07, 6.45) is 8.48. The average Bonchev–Trinajstić information content (AvgIpc) is 2.94. The number of hydrogen-bond acceptors (Lipinski definition) is 5. The molecule has 5 rings (SSSR count). The summed E-state index contributed by atoms with van der Waals surface area (Å²) in [5, 5.41) is 0. The Morgan fingerprint density at radius 2 is 1.94 bits per heavy atom. The molecule has 0 N–H and O–H groups in total. The Balaban J connectivity index is 1.39. The number of fused-ring (bicyclic) bond motifs is 5. The lowest BCUT2D eigenvalue weighted by Crippen LogP contribution is -2.19. The van der Waals surface area contributed by atoms with Gasteiger partial charge < -0.3 is 19.1 Å². The molecule has 5 heteroatoms. The molecule has 0 saturated heterocycles. The third-order valence-corrected chi connectivity index (χ3v) is 6.01. The average molecular weight is 430 g/mol. The van der Waals surface area contributed by atoms with Crippen LogP contribution in [0.3, 0.4) is 0 Å². The number of hydrogen-bond donors (Lipinski definition) is 0. The first kappa shape index (κ1) is 20.6. The second-order valence-electron chi connectivity index (χ2n) is 8.62. The topological polar surface area (TPSA) is 48.0 Å². The summed E-state index contributed by atoms with van der Waals surface area (Å²) in [5.41, 5.74) is 6.04. The molecule has 0 bridgehead atoms. The zero-order valence-electron chi connectivity index (χ0n) is 18.5. The summed E-state index contributed by atoms with van der Waals surface area (Å²) in [6, 6.07) is 12.1. The molecular formula is C27H27NO4. The van der Waals surface area contributed by atoms with Crippen molar-refractivity contribution in [2.75, 3.05) is 33.9 Å². The van der Waals surface area contributed by atoms with Gasteiger partial charge in [0.1, 0.15) is 36.6 Å². The number of ketones is 1. The summed E-state index contributed by atoms with van der Waals surface area (Å²) >= 11 is 0. The molecule has 32 heavy (non-hydrogen) atoms. The van der Waals surface area contributed by atoms with Crippen molar-refractivity contribution in [1.82, 2.24) is 4.90 Å². The molecule has 0 saturated carbocycles. The van der Waals surface area contributed by atoms with Crippen molar-refractivity contribution < 1.29 is 19.0 Å². The predicted molar refractivity (Wildman–Crippen MR) is 125 cm³/mol. The second kappa shape index (κ2) is 8.67. The minimum absolute atomic E-state index is 0.192. The van der Waals surface area contributed by atoms with E-state index < -0.39 is 0 Å². The Bertz CT molecular complexity index is 1130. The molecule has 164 valence electrons. The minimum Gasteiger partial charge on any atom is -0.492 e. The Morgan fingerprint density at radius 3 is 2.75 bits per heavy atom. The molecule has 1 atom stereocenters. The highest BCUT2D eigenvalue weighted by atomic mass is 16.5. The van der Waals surface area contributed by atoms with Gasteiger partial charge in [-0.15, -0.1) is 0 Å². The maximum atomic E-state index is 12.8. The molecule has 2 aliphatic heterocycles. The van der Waals surface area contributed by atoms with Gasteiger partial charge in [-0.25, -0.2) is 0 Å². The van der Waals surface area contributed by atoms with Gasteiger partial charge in [0.05, 0.1) is 6.26 Å². The van der Waals surface area contributed by atoms with Crippen LogP contribution in [0, 0.1) is 0 Å². The zero-order chi connectivity index (χ0) is 22.1. The lowest BCUT2D eigenvalue weighted by molar-refractivity contribution is -0.117. The smallest absolute Gasteiger partial charge is 0.142 e. The SMILES string of the molecule is CN(C)CCOc1ccc(C2C=C3CC(=O)Cc4c(ccc5c4OCC=C5)C3=CO2)cc1. The van der Waals surface area contributed by atoms with E-state index in [9.17, 15) is 4.79 Å². The van der Waals surface area contributed by atoms with Gasteiger partial charge in [0, 0.05) is 36.1 Å². The van der Waals surface area contributed by atoms with Crippen molar-refractivity contribution in [3.8, 4) is 11.5 Å². The molecule has 2 aromatic rings. The lowest BCUT2D eigenvalue weighted by atomic mass is 9.91. The normalized spacial score (nSPS) is 19.0. The van der Waals surface area contributed by atoms with Crippen LogP contribution in [0.15, 0.2) is 60.4 Å². The lowest BCUT2D eigenvalue weighted by Gasteiger charge is -2.24. The molecule has 0 fully saturated rings. The minimum atomic E-state index is -0.226. The van der Waals surface area contributed by atoms with Gasteiger partial charge in [-0.3, -0.25) is 4.79 Å². The third-order valence-electron chi connectivity index (χ3n) is 6.01. The van der Waals surface area contributed by atoms with Gasteiger partial charge in [-0.2, -0.15) is 0 Å². The second-order valence-corrected chi connectivity index (χ2v) is 8.62. The van der Waals surface area contributed by atoms with Crippen molar-refractivity contribution in [3.63, 3.8) is 0 Å². The predicted octanol–water partition coefficient (Wildman–Crippen LogP) is 4.59. The van der Waals surface area contributed by atoms with Gasteiger partial charge in [-0.1, -0.05) is 30.3 Å². The molecule has 1 unspecified atom stereocenters. The van der Waals surface area contributed by atoms with Crippen LogP contribution in [0.4, 0.5) is 0 Å². The molecular weight excluding hydrogens is 402 g/mol. The van der Waals surface area contributed by atoms with Gasteiger partial charge in [0.2, 0.25) is 0 Å². The summed E-state index contributed by atoms with van der Waals surface area (Å²) in [7, 11) is 4.05. The molecule has 0 radical (unpaired) electrons. The van der Waals surface area contributed by atoms with Crippen LogP contribution in [-0.2, 0) is 16.0 Å². The molecule has 1 aliphatic carbocycles. The van der Waals surface area contributed by atoms with E-state index in [1.54, 1.807) is 0 Å². The van der Waals surface area contributed by atoms with Crippen molar-refractivity contribution in [3.05, 3.63) is 82.6 Å². The number of likely N-dealkylation sites (N-methyl/N-ethyl adjacent to an activating group) is 1. The Morgan fingerprint density at radius 1 is 1.09 bits per heavy atom. The number of benzene rings is 2. The van der Waals surface area contributed by atoms with E-state index in [2.05, 4.69) is 29.2 Å². The fourth-order valence-corrected chi connectivity index (χ4v) is 4.35. The maximum absolute atomic E-state index is 12.8. The van der Waals surface area contributed by atoms with Crippen LogP contribution in [0.2, 0.25) is 0 Å². The summed E-state index contributed by atoms with van der Waals surface area (Å²) in [5.74, 6) is 1.86. The zero-order valence-corrected chi connectivity index (χ0v) is 18.5. The number of rotatable bonds is 5. The molecule has 5 nitrogen and oxygen atoms in total. The molecule has 0 spiro atoms. The van der Waals surface area contributed by atoms with Crippen LogP contribution in [-0.4, -0.2) is 44.5 Å². The quantitative estimate of drug-likeness (QED) is 0.696. The Labute approximate surface area is 188 Å². The van der Waals surface area contributed by atoms with Crippen LogP contribution in [0.1, 0.15) is 34.8 Å². The number of Topliss-reactive ketones (excluding diaryl/α,β-unsaturated/α-hetero) is 1. The number of ether oxygens (including phenoxy) is 3. The molecule has 3 aliphatic rings. The van der Waals surface area contributed by atoms with Crippen molar-refractivity contribution >= 4 is 17.4 Å². The van der Waals surface area contributed by atoms with Crippen molar-refractivity contribution in [1.29, 1.82) is 0 Å². The fourth-order valence-electron chi connectivity index (χ4n) is 4.35. The number of carbonyl (C=O) groups is 1. The number of carbonyl (C=O) groups excluding carboxylic acids is 1. The largest absolute Gasteiger partial charge is 0.492 e. The number of allylic oxidation sites excluding steroid dienone is 2. The summed E-state index contributed by atoms with van der Waals surface area (Å²) in [4.78, 5) is 14.9. The highest BCUT2D eigenvalue weighted by Crippen LogP contribution is 2.43. The summed E-state index contributed by atoms with van der Waals surface area (Å²) < 4.78 is 17.8. The van der Waals surface area contributed by atoms with Gasteiger partial charge in [0.15, 0.2) is 0 Å². The first-order valence-electron chi connectivity index (χ1n) is 11.0. The highest BCUT2D eigenvalue weighted by Gasteiger charge is 2.29. The number of nitrogens with zero attached hydrogens (tertiary/aromatic N) is 1. The summed E-state index contributed by atoms with van der Waals surface area (Å²) in [6.45, 7) is 2.05. The van der Waals surface area contributed by atoms with Crippen LogP contribution < -0.4 is 9.47 Å². The van der Waals surface area contributed by atoms with E-state index in [1.807, 2.05) is 50.7 Å². The van der Waals surface area contributed by atoms with E-state index in [-0.39, 0.29) is 11.9 Å². The molecule has 2 aromatic carbocycles. The van der Waals surface area contributed by atoms with E-state index >= 15 is 0 Å². The van der Waals surface area contributed by atoms with Crippen LogP contribution >= 0.6 is 0 Å². The monoisotopic (exact) mass is 429 g/mol. The highest BCUT2D eigenvalue weighted by molar-refractivity contribution is 5.96. The van der Waals surface area contributed by atoms with E-state index in [0.717, 1.165) is 51.4 Å². The van der Waals surface area contributed by atoms with Crippen molar-refractivity contribution in [2.45, 2.75) is 18.9 Å². The Hall–Kier alpha value is -3.31. The van der Waals surface area contributed by atoms with Gasteiger partial charge >= 0.3 is 0 Å². The van der Waals surface area contributed by atoms with E-state index in [1.165, 1.54) is 0 Å². The van der Waals surface area contributed by atoms with Crippen LogP contribution in [0.5, 0.6) is 11.5 Å². The Kier molecular flexibility index (Phi) is 5.58. The maximum Gasteiger partial charge on any atom is 0.142 e. The first-order chi connectivity index (χ1) is 15.6. The van der Waals surface area contributed by atoms with E-state index in [0.29, 0.717) is 26.1 Å². The molecule has 0 aromatic heterocycles. The standard InChI is InChI=1S/C27H27NO4/c1-28(2)11-13-30-22-8-5-18(6-9-22)26-15-20-14-21(29)16-24-23(25(20)17-32-26)10-7-19-4-3-12-31-27(19)24/h3-10,15,17,26H,11-14,16H2,1-2H3. The molecule has 2 heterocycles. The van der Waals surface area contributed by atoms with E-state index in [4.69, 9.17) is 14.2 Å². The van der Waals surface area contributed by atoms with Gasteiger partial charge in [-0.05, 0) is 55.1 Å². The molecule has 0 amide bonds.